The first-order chi connectivity index (χ1) is 15.5. The molecule has 0 radical (unpaired) electrons. The molecule has 1 N–H and O–H groups in total. The van der Waals surface area contributed by atoms with Crippen molar-refractivity contribution in [3.05, 3.63) is 66.4 Å². The standard InChI is InChI=1S/C24H26FN5O2.2ClH/c1-17-6-7-19(15-26-17)29-16-24(32-23(29)31)11-8-18(9-12-24)14-27-22-10-13-30(28-22)21-5-3-2-4-20(21)25;;/h2-7,10,13,15,18H,8-9,11-12,14,16H2,1H3,(H,27,28);2*1H. The lowest BCUT2D eigenvalue weighted by Crippen LogP contribution is -2.39. The predicted molar refractivity (Wildman–Crippen MR) is 134 cm³/mol. The molecule has 1 aliphatic heterocycles. The number of para-hydroxylation sites is 1. The first kappa shape index (κ1) is 25.8. The van der Waals surface area contributed by atoms with E-state index < -0.39 is 5.60 Å². The molecule has 10 heteroatoms. The van der Waals surface area contributed by atoms with Crippen molar-refractivity contribution in [3.63, 3.8) is 0 Å². The normalized spacial score (nSPS) is 21.5. The second-order valence-corrected chi connectivity index (χ2v) is 8.72. The Labute approximate surface area is 210 Å². The Morgan fingerprint density at radius 1 is 1.15 bits per heavy atom. The summed E-state index contributed by atoms with van der Waals surface area (Å²) in [6, 6.07) is 12.2. The molecule has 5 rings (SSSR count). The zero-order valence-electron chi connectivity index (χ0n) is 18.8. The van der Waals surface area contributed by atoms with Crippen LogP contribution in [0.3, 0.4) is 0 Å². The molecule has 1 saturated heterocycles. The van der Waals surface area contributed by atoms with Gasteiger partial charge in [-0.1, -0.05) is 12.1 Å². The largest absolute Gasteiger partial charge is 0.441 e. The molecular weight excluding hydrogens is 480 g/mol. The highest BCUT2D eigenvalue weighted by molar-refractivity contribution is 5.90. The van der Waals surface area contributed by atoms with Crippen LogP contribution in [0.25, 0.3) is 5.69 Å². The highest BCUT2D eigenvalue weighted by Gasteiger charge is 2.47. The number of anilines is 2. The molecule has 2 fully saturated rings. The van der Waals surface area contributed by atoms with Gasteiger partial charge in [0.25, 0.3) is 0 Å². The maximum atomic E-state index is 14.0. The van der Waals surface area contributed by atoms with Crippen molar-refractivity contribution < 1.29 is 13.9 Å². The fourth-order valence-electron chi connectivity index (χ4n) is 4.55. The molecule has 0 bridgehead atoms. The molecule has 1 amide bonds. The van der Waals surface area contributed by atoms with Crippen LogP contribution in [0.2, 0.25) is 0 Å². The second kappa shape index (κ2) is 10.6. The third kappa shape index (κ3) is 5.28. The maximum absolute atomic E-state index is 14.0. The third-order valence-corrected chi connectivity index (χ3v) is 6.45. The average Bonchev–Trinajstić information content (AvgIpc) is 3.39. The minimum atomic E-state index is -0.412. The predicted octanol–water partition coefficient (Wildman–Crippen LogP) is 5.56. The first-order valence-electron chi connectivity index (χ1n) is 11.0. The number of aromatic nitrogens is 3. The van der Waals surface area contributed by atoms with E-state index in [0.717, 1.165) is 49.4 Å². The molecule has 1 aromatic carbocycles. The van der Waals surface area contributed by atoms with Crippen LogP contribution in [0.15, 0.2) is 54.9 Å². The fourth-order valence-corrected chi connectivity index (χ4v) is 4.55. The molecule has 182 valence electrons. The highest BCUT2D eigenvalue weighted by atomic mass is 35.5. The number of nitrogens with zero attached hydrogens (tertiary/aromatic N) is 4. The van der Waals surface area contributed by atoms with Gasteiger partial charge >= 0.3 is 6.09 Å². The lowest BCUT2D eigenvalue weighted by molar-refractivity contribution is 0.0148. The quantitative estimate of drug-likeness (QED) is 0.489. The third-order valence-electron chi connectivity index (χ3n) is 6.45. The molecule has 1 saturated carbocycles. The summed E-state index contributed by atoms with van der Waals surface area (Å²) in [5, 5.41) is 7.81. The van der Waals surface area contributed by atoms with Gasteiger partial charge in [-0.2, -0.15) is 5.10 Å². The van der Waals surface area contributed by atoms with Gasteiger partial charge in [-0.25, -0.2) is 13.9 Å². The van der Waals surface area contributed by atoms with E-state index in [-0.39, 0.29) is 36.7 Å². The highest BCUT2D eigenvalue weighted by Crippen LogP contribution is 2.40. The molecule has 3 heterocycles. The van der Waals surface area contributed by atoms with Gasteiger partial charge in [0.1, 0.15) is 22.9 Å². The van der Waals surface area contributed by atoms with Gasteiger partial charge in [0, 0.05) is 24.5 Å². The van der Waals surface area contributed by atoms with Crippen LogP contribution in [0.1, 0.15) is 31.4 Å². The lowest BCUT2D eigenvalue weighted by Gasteiger charge is -2.35. The topological polar surface area (TPSA) is 72.3 Å². The zero-order chi connectivity index (χ0) is 22.1. The number of carbonyl (C=O) groups is 1. The summed E-state index contributed by atoms with van der Waals surface area (Å²) in [6.07, 6.45) is 6.80. The van der Waals surface area contributed by atoms with Crippen molar-refractivity contribution >= 4 is 42.4 Å². The van der Waals surface area contributed by atoms with Crippen LogP contribution in [0.5, 0.6) is 0 Å². The first-order valence-corrected chi connectivity index (χ1v) is 11.0. The molecule has 0 unspecified atom stereocenters. The van der Waals surface area contributed by atoms with Gasteiger partial charge in [0.2, 0.25) is 0 Å². The van der Waals surface area contributed by atoms with E-state index in [2.05, 4.69) is 15.4 Å². The van der Waals surface area contributed by atoms with Gasteiger partial charge in [0.15, 0.2) is 0 Å². The van der Waals surface area contributed by atoms with Crippen LogP contribution in [0, 0.1) is 18.7 Å². The number of carbonyl (C=O) groups excluding carboxylic acids is 1. The minimum Gasteiger partial charge on any atom is -0.441 e. The van der Waals surface area contributed by atoms with Crippen LogP contribution in [-0.2, 0) is 4.74 Å². The molecule has 2 aromatic heterocycles. The van der Waals surface area contributed by atoms with E-state index in [1.165, 1.54) is 6.07 Å². The summed E-state index contributed by atoms with van der Waals surface area (Å²) in [5.74, 6) is 0.883. The van der Waals surface area contributed by atoms with Crippen molar-refractivity contribution in [1.82, 2.24) is 14.8 Å². The Hall–Kier alpha value is -2.84. The van der Waals surface area contributed by atoms with Crippen molar-refractivity contribution in [1.29, 1.82) is 0 Å². The summed E-state index contributed by atoms with van der Waals surface area (Å²) in [4.78, 5) is 18.5. The Morgan fingerprint density at radius 3 is 2.62 bits per heavy atom. The van der Waals surface area contributed by atoms with Gasteiger partial charge in [-0.05, 0) is 62.8 Å². The number of nitrogens with one attached hydrogen (secondary N) is 1. The van der Waals surface area contributed by atoms with Gasteiger partial charge in [0.05, 0.1) is 18.4 Å². The number of rotatable bonds is 5. The molecule has 34 heavy (non-hydrogen) atoms. The smallest absolute Gasteiger partial charge is 0.415 e. The molecule has 7 nitrogen and oxygen atoms in total. The van der Waals surface area contributed by atoms with Crippen molar-refractivity contribution in [2.24, 2.45) is 5.92 Å². The summed E-state index contributed by atoms with van der Waals surface area (Å²) < 4.78 is 21.4. The van der Waals surface area contributed by atoms with Crippen molar-refractivity contribution in [3.8, 4) is 5.69 Å². The SMILES string of the molecule is Cc1ccc(N2CC3(CCC(CNc4ccn(-c5ccccc5F)n4)CC3)OC2=O)cn1.Cl.Cl. The number of aryl methyl sites for hydroxylation is 1. The number of benzene rings is 1. The lowest BCUT2D eigenvalue weighted by atomic mass is 9.78. The monoisotopic (exact) mass is 507 g/mol. The van der Waals surface area contributed by atoms with E-state index in [1.54, 1.807) is 40.2 Å². The molecule has 1 aliphatic carbocycles. The van der Waals surface area contributed by atoms with Gasteiger partial charge < -0.3 is 10.1 Å². The summed E-state index contributed by atoms with van der Waals surface area (Å²) in [5.41, 5.74) is 1.72. The summed E-state index contributed by atoms with van der Waals surface area (Å²) in [7, 11) is 0. The molecular formula is C24H28Cl2FN5O2. The Morgan fingerprint density at radius 2 is 1.91 bits per heavy atom. The number of halogens is 3. The van der Waals surface area contributed by atoms with E-state index >= 15 is 0 Å². The number of ether oxygens (including phenoxy) is 1. The van der Waals surface area contributed by atoms with Crippen molar-refractivity contribution in [2.45, 2.75) is 38.2 Å². The Balaban J connectivity index is 0.00000162. The van der Waals surface area contributed by atoms with Crippen LogP contribution in [-0.4, -0.2) is 39.5 Å². The van der Waals surface area contributed by atoms with Crippen LogP contribution < -0.4 is 10.2 Å². The maximum Gasteiger partial charge on any atom is 0.415 e. The molecule has 3 aromatic rings. The number of pyridine rings is 1. The Kier molecular flexibility index (Phi) is 8.05. The van der Waals surface area contributed by atoms with Gasteiger partial charge in [-0.3, -0.25) is 9.88 Å². The number of hydrogen-bond donors (Lipinski definition) is 1. The second-order valence-electron chi connectivity index (χ2n) is 8.72. The van der Waals surface area contributed by atoms with E-state index in [9.17, 15) is 9.18 Å². The van der Waals surface area contributed by atoms with E-state index in [0.29, 0.717) is 18.2 Å². The van der Waals surface area contributed by atoms with Crippen molar-refractivity contribution in [2.75, 3.05) is 23.3 Å². The molecule has 0 atom stereocenters. The Bertz CT molecular complexity index is 1120. The zero-order valence-corrected chi connectivity index (χ0v) is 20.4. The molecule has 2 aliphatic rings. The molecule has 1 spiro atoms. The average molecular weight is 508 g/mol. The summed E-state index contributed by atoms with van der Waals surface area (Å²) in [6.45, 7) is 3.28. The van der Waals surface area contributed by atoms with Gasteiger partial charge in [-0.15, -0.1) is 24.8 Å². The van der Waals surface area contributed by atoms with Crippen LogP contribution >= 0.6 is 24.8 Å². The fraction of sp³-hybridized carbons (Fsp3) is 0.375. The van der Waals surface area contributed by atoms with E-state index in [4.69, 9.17) is 4.74 Å². The van der Waals surface area contributed by atoms with E-state index in [1.807, 2.05) is 25.1 Å². The minimum absolute atomic E-state index is 0. The summed E-state index contributed by atoms with van der Waals surface area (Å²) >= 11 is 0. The van der Waals surface area contributed by atoms with Crippen LogP contribution in [0.4, 0.5) is 20.7 Å². The number of amides is 1. The number of hydrogen-bond acceptors (Lipinski definition) is 5.